The molecule has 33 heavy (non-hydrogen) atoms. The van der Waals surface area contributed by atoms with Crippen LogP contribution in [0.5, 0.6) is 11.5 Å². The molecular weight excluding hydrogens is 408 g/mol. The lowest BCUT2D eigenvalue weighted by Gasteiger charge is -2.17. The molecule has 2 saturated heterocycles. The van der Waals surface area contributed by atoms with Gasteiger partial charge in [-0.05, 0) is 46.5 Å². The van der Waals surface area contributed by atoms with Gasteiger partial charge in [-0.25, -0.2) is 0 Å². The van der Waals surface area contributed by atoms with Gasteiger partial charge >= 0.3 is 0 Å². The molecule has 3 heteroatoms. The molecule has 0 amide bonds. The normalized spacial score (nSPS) is 18.7. The standard InChI is InChI=1S/C30H26O3/c1-3-7-23(8-4-1)27-17-21(15-25-19-31-25)11-13-29(27)33-30-14-12-22(16-26-20-32-26)18-28(30)24-9-5-2-6-10-24/h1-14,17-18,25-26H,15-16,19-20H2. The molecule has 6 rings (SSSR count). The van der Waals surface area contributed by atoms with Crippen LogP contribution in [0, 0.1) is 0 Å². The van der Waals surface area contributed by atoms with Crippen molar-refractivity contribution in [3.63, 3.8) is 0 Å². The predicted octanol–water partition coefficient (Wildman–Crippen LogP) is 6.70. The molecule has 0 bridgehead atoms. The van der Waals surface area contributed by atoms with Crippen LogP contribution in [0.2, 0.25) is 0 Å². The van der Waals surface area contributed by atoms with E-state index in [-0.39, 0.29) is 0 Å². The molecule has 4 aromatic carbocycles. The lowest BCUT2D eigenvalue weighted by Crippen LogP contribution is -1.98. The predicted molar refractivity (Wildman–Crippen MR) is 131 cm³/mol. The molecule has 0 saturated carbocycles. The van der Waals surface area contributed by atoms with Gasteiger partial charge in [0.25, 0.3) is 0 Å². The minimum Gasteiger partial charge on any atom is -0.456 e. The smallest absolute Gasteiger partial charge is 0.135 e. The van der Waals surface area contributed by atoms with Crippen molar-refractivity contribution in [3.05, 3.63) is 108 Å². The van der Waals surface area contributed by atoms with Gasteiger partial charge in [0.2, 0.25) is 0 Å². The van der Waals surface area contributed by atoms with Gasteiger partial charge in [-0.2, -0.15) is 0 Å². The highest BCUT2D eigenvalue weighted by atomic mass is 16.6. The van der Waals surface area contributed by atoms with E-state index in [9.17, 15) is 0 Å². The van der Waals surface area contributed by atoms with Crippen molar-refractivity contribution < 1.29 is 14.2 Å². The van der Waals surface area contributed by atoms with Crippen LogP contribution in [0.3, 0.4) is 0 Å². The number of hydrogen-bond donors (Lipinski definition) is 0. The molecule has 2 heterocycles. The fourth-order valence-electron chi connectivity index (χ4n) is 4.29. The topological polar surface area (TPSA) is 34.3 Å². The Hall–Kier alpha value is -3.40. The third-order valence-corrected chi connectivity index (χ3v) is 6.21. The summed E-state index contributed by atoms with van der Waals surface area (Å²) in [7, 11) is 0. The second-order valence-electron chi connectivity index (χ2n) is 8.81. The first-order valence-corrected chi connectivity index (χ1v) is 11.6. The molecule has 164 valence electrons. The Morgan fingerprint density at radius 3 is 1.39 bits per heavy atom. The zero-order valence-corrected chi connectivity index (χ0v) is 18.4. The summed E-state index contributed by atoms with van der Waals surface area (Å²) in [6, 6.07) is 33.9. The van der Waals surface area contributed by atoms with E-state index in [0.29, 0.717) is 12.2 Å². The van der Waals surface area contributed by atoms with Crippen molar-refractivity contribution in [3.8, 4) is 33.8 Å². The zero-order valence-electron chi connectivity index (χ0n) is 18.4. The van der Waals surface area contributed by atoms with Crippen molar-refractivity contribution >= 4 is 0 Å². The zero-order chi connectivity index (χ0) is 22.0. The first kappa shape index (κ1) is 20.2. The van der Waals surface area contributed by atoms with Gasteiger partial charge in [0.1, 0.15) is 11.5 Å². The van der Waals surface area contributed by atoms with E-state index in [2.05, 4.69) is 84.9 Å². The molecule has 2 atom stereocenters. The summed E-state index contributed by atoms with van der Waals surface area (Å²) in [5, 5.41) is 0. The summed E-state index contributed by atoms with van der Waals surface area (Å²) in [4.78, 5) is 0. The van der Waals surface area contributed by atoms with E-state index < -0.39 is 0 Å². The summed E-state index contributed by atoms with van der Waals surface area (Å²) in [5.74, 6) is 1.72. The average molecular weight is 435 g/mol. The van der Waals surface area contributed by atoms with Crippen molar-refractivity contribution in [1.82, 2.24) is 0 Å². The molecule has 4 aromatic rings. The molecule has 3 nitrogen and oxygen atoms in total. The number of benzene rings is 4. The van der Waals surface area contributed by atoms with E-state index in [4.69, 9.17) is 14.2 Å². The Kier molecular flexibility index (Phi) is 5.43. The Bertz CT molecular complexity index is 1140. The lowest BCUT2D eigenvalue weighted by molar-refractivity contribution is 0.407. The summed E-state index contributed by atoms with van der Waals surface area (Å²) >= 11 is 0. The van der Waals surface area contributed by atoms with Crippen LogP contribution in [-0.4, -0.2) is 25.4 Å². The highest BCUT2D eigenvalue weighted by Crippen LogP contribution is 2.39. The highest BCUT2D eigenvalue weighted by molar-refractivity contribution is 5.75. The maximum absolute atomic E-state index is 6.64. The second-order valence-corrected chi connectivity index (χ2v) is 8.81. The maximum Gasteiger partial charge on any atom is 0.135 e. The summed E-state index contributed by atoms with van der Waals surface area (Å²) in [6.07, 6.45) is 2.59. The van der Waals surface area contributed by atoms with Gasteiger partial charge in [0.15, 0.2) is 0 Å². The van der Waals surface area contributed by atoms with Crippen LogP contribution < -0.4 is 4.74 Å². The Balaban J connectivity index is 1.39. The summed E-state index contributed by atoms with van der Waals surface area (Å²) in [5.41, 5.74) is 7.04. The first-order chi connectivity index (χ1) is 16.3. The number of epoxide rings is 2. The molecule has 0 N–H and O–H groups in total. The second kappa shape index (κ2) is 8.86. The Labute approximate surface area is 194 Å². The number of hydrogen-bond acceptors (Lipinski definition) is 3. The molecule has 2 unspecified atom stereocenters. The fraction of sp³-hybridized carbons (Fsp3) is 0.200. The molecule has 0 aromatic heterocycles. The van der Waals surface area contributed by atoms with Crippen molar-refractivity contribution in [2.24, 2.45) is 0 Å². The van der Waals surface area contributed by atoms with Crippen molar-refractivity contribution in [2.75, 3.05) is 13.2 Å². The molecule has 0 radical (unpaired) electrons. The van der Waals surface area contributed by atoms with Gasteiger partial charge in [0.05, 0.1) is 25.4 Å². The molecule has 2 fully saturated rings. The Morgan fingerprint density at radius 1 is 0.576 bits per heavy atom. The molecule has 2 aliphatic heterocycles. The van der Waals surface area contributed by atoms with E-state index in [0.717, 1.165) is 59.8 Å². The fourth-order valence-corrected chi connectivity index (χ4v) is 4.29. The van der Waals surface area contributed by atoms with Gasteiger partial charge in [-0.1, -0.05) is 72.8 Å². The first-order valence-electron chi connectivity index (χ1n) is 11.6. The van der Waals surface area contributed by atoms with Crippen molar-refractivity contribution in [1.29, 1.82) is 0 Å². The molecule has 0 spiro atoms. The summed E-state index contributed by atoms with van der Waals surface area (Å²) in [6.45, 7) is 1.72. The highest BCUT2D eigenvalue weighted by Gasteiger charge is 2.24. The van der Waals surface area contributed by atoms with Crippen LogP contribution >= 0.6 is 0 Å². The van der Waals surface area contributed by atoms with Crippen LogP contribution in [0.15, 0.2) is 97.1 Å². The number of ether oxygens (including phenoxy) is 3. The van der Waals surface area contributed by atoms with E-state index in [1.165, 1.54) is 11.1 Å². The van der Waals surface area contributed by atoms with Crippen LogP contribution in [-0.2, 0) is 22.3 Å². The van der Waals surface area contributed by atoms with Gasteiger partial charge in [0, 0.05) is 24.0 Å². The molecular formula is C30H26O3. The van der Waals surface area contributed by atoms with E-state index >= 15 is 0 Å². The average Bonchev–Trinajstić information content (AvgIpc) is 3.80. The van der Waals surface area contributed by atoms with Gasteiger partial charge in [-0.3, -0.25) is 0 Å². The van der Waals surface area contributed by atoms with Crippen LogP contribution in [0.4, 0.5) is 0 Å². The Morgan fingerprint density at radius 2 is 1.00 bits per heavy atom. The summed E-state index contributed by atoms with van der Waals surface area (Å²) < 4.78 is 17.5. The monoisotopic (exact) mass is 434 g/mol. The molecule has 2 aliphatic rings. The largest absolute Gasteiger partial charge is 0.456 e. The van der Waals surface area contributed by atoms with Crippen molar-refractivity contribution in [2.45, 2.75) is 25.0 Å². The minimum atomic E-state index is 0.355. The third kappa shape index (κ3) is 4.85. The van der Waals surface area contributed by atoms with Crippen LogP contribution in [0.25, 0.3) is 22.3 Å². The minimum absolute atomic E-state index is 0.355. The van der Waals surface area contributed by atoms with Gasteiger partial charge < -0.3 is 14.2 Å². The molecule has 0 aliphatic carbocycles. The van der Waals surface area contributed by atoms with Crippen LogP contribution in [0.1, 0.15) is 11.1 Å². The van der Waals surface area contributed by atoms with Gasteiger partial charge in [-0.15, -0.1) is 0 Å². The van der Waals surface area contributed by atoms with E-state index in [1.54, 1.807) is 0 Å². The van der Waals surface area contributed by atoms with E-state index in [1.807, 2.05) is 12.1 Å². The quantitative estimate of drug-likeness (QED) is 0.290. The SMILES string of the molecule is c1ccc(-c2cc(CC3CO3)ccc2Oc2ccc(CC3CO3)cc2-c2ccccc2)cc1. The number of rotatable bonds is 8. The lowest BCUT2D eigenvalue weighted by atomic mass is 9.98. The third-order valence-electron chi connectivity index (χ3n) is 6.21. The maximum atomic E-state index is 6.64.